The van der Waals surface area contributed by atoms with E-state index in [1.54, 1.807) is 13.8 Å². The van der Waals surface area contributed by atoms with Crippen LogP contribution < -0.4 is 9.47 Å². The van der Waals surface area contributed by atoms with Gasteiger partial charge in [-0.1, -0.05) is 13.8 Å². The van der Waals surface area contributed by atoms with Crippen molar-refractivity contribution in [3.8, 4) is 11.5 Å². The maximum absolute atomic E-state index is 11.1. The Morgan fingerprint density at radius 2 is 2.00 bits per heavy atom. The van der Waals surface area contributed by atoms with E-state index in [9.17, 15) is 18.5 Å². The van der Waals surface area contributed by atoms with Crippen molar-refractivity contribution in [2.24, 2.45) is 5.41 Å². The minimum Gasteiger partial charge on any atom is -0.493 e. The molecule has 1 rings (SSSR count). The zero-order valence-corrected chi connectivity index (χ0v) is 13.4. The Morgan fingerprint density at radius 3 is 2.48 bits per heavy atom. The van der Waals surface area contributed by atoms with Gasteiger partial charge >= 0.3 is 5.69 Å². The molecule has 0 radical (unpaired) electrons. The maximum Gasteiger partial charge on any atom is 0.314 e. The largest absolute Gasteiger partial charge is 0.493 e. The van der Waals surface area contributed by atoms with E-state index in [2.05, 4.69) is 0 Å². The third kappa shape index (κ3) is 5.76. The monoisotopic (exact) mass is 337 g/mol. The first kappa shape index (κ1) is 17.5. The molecule has 0 fully saturated rings. The van der Waals surface area contributed by atoms with Crippen molar-refractivity contribution in [2.45, 2.75) is 13.8 Å². The number of halogens is 1. The molecule has 0 saturated carbocycles. The first-order valence-corrected chi connectivity index (χ1v) is 8.39. The highest BCUT2D eigenvalue weighted by atomic mass is 35.7. The Kier molecular flexibility index (Phi) is 5.41. The van der Waals surface area contributed by atoms with E-state index in [-0.39, 0.29) is 29.5 Å². The molecule has 0 bridgehead atoms. The number of nitrogens with zero attached hydrogens (tertiary/aromatic N) is 1. The summed E-state index contributed by atoms with van der Waals surface area (Å²) >= 11 is 0. The average Bonchev–Trinajstić information content (AvgIpc) is 2.33. The number of methoxy groups -OCH3 is 1. The standard InChI is InChI=1S/C12H16ClNO6S/c1-12(2,8-21(13,17)18)7-20-9-4-5-11(19-3)10(6-9)14(15)16/h4-6H,7-8H2,1-3H3. The molecule has 0 amide bonds. The van der Waals surface area contributed by atoms with Gasteiger partial charge in [0.1, 0.15) is 5.75 Å². The summed E-state index contributed by atoms with van der Waals surface area (Å²) in [6.45, 7) is 3.39. The van der Waals surface area contributed by atoms with Gasteiger partial charge in [-0.25, -0.2) is 8.42 Å². The second-order valence-electron chi connectivity index (χ2n) is 5.23. The third-order valence-corrected chi connectivity index (χ3v) is 3.99. The third-order valence-electron chi connectivity index (χ3n) is 2.54. The minimum absolute atomic E-state index is 0.0441. The van der Waals surface area contributed by atoms with E-state index < -0.39 is 19.4 Å². The van der Waals surface area contributed by atoms with Gasteiger partial charge in [0.25, 0.3) is 0 Å². The zero-order valence-electron chi connectivity index (χ0n) is 11.8. The van der Waals surface area contributed by atoms with Gasteiger partial charge < -0.3 is 9.47 Å². The SMILES string of the molecule is COc1ccc(OCC(C)(C)CS(=O)(=O)Cl)cc1[N+](=O)[O-]. The van der Waals surface area contributed by atoms with Crippen molar-refractivity contribution in [1.29, 1.82) is 0 Å². The molecule has 0 aliphatic carbocycles. The summed E-state index contributed by atoms with van der Waals surface area (Å²) in [5.74, 6) is 0.109. The van der Waals surface area contributed by atoms with Gasteiger partial charge in [0, 0.05) is 16.1 Å². The second-order valence-corrected chi connectivity index (χ2v) is 8.00. The minimum atomic E-state index is -3.65. The van der Waals surface area contributed by atoms with E-state index in [0.717, 1.165) is 0 Å². The van der Waals surface area contributed by atoms with Crippen molar-refractivity contribution in [1.82, 2.24) is 0 Å². The number of nitro groups is 1. The second kappa shape index (κ2) is 6.48. The number of hydrogen-bond donors (Lipinski definition) is 0. The summed E-state index contributed by atoms with van der Waals surface area (Å²) in [5, 5.41) is 10.9. The van der Waals surface area contributed by atoms with Crippen molar-refractivity contribution in [3.05, 3.63) is 28.3 Å². The van der Waals surface area contributed by atoms with E-state index >= 15 is 0 Å². The molecule has 0 aliphatic rings. The summed E-state index contributed by atoms with van der Waals surface area (Å²) in [6, 6.07) is 4.15. The Labute approximate surface area is 127 Å². The molecule has 21 heavy (non-hydrogen) atoms. The van der Waals surface area contributed by atoms with Crippen LogP contribution in [0.4, 0.5) is 5.69 Å². The van der Waals surface area contributed by atoms with Crippen LogP contribution in [0.2, 0.25) is 0 Å². The molecule has 1 aromatic rings. The average molecular weight is 338 g/mol. The highest BCUT2D eigenvalue weighted by Gasteiger charge is 2.26. The lowest BCUT2D eigenvalue weighted by atomic mass is 9.98. The molecule has 0 aromatic heterocycles. The zero-order chi connectivity index (χ0) is 16.3. The maximum atomic E-state index is 11.1. The van der Waals surface area contributed by atoms with Gasteiger partial charge in [0.15, 0.2) is 5.75 Å². The molecule has 0 heterocycles. The summed E-state index contributed by atoms with van der Waals surface area (Å²) in [5.41, 5.74) is -0.951. The number of rotatable bonds is 7. The van der Waals surface area contributed by atoms with Crippen molar-refractivity contribution in [3.63, 3.8) is 0 Å². The van der Waals surface area contributed by atoms with Gasteiger partial charge in [-0.2, -0.15) is 0 Å². The lowest BCUT2D eigenvalue weighted by molar-refractivity contribution is -0.385. The van der Waals surface area contributed by atoms with Crippen molar-refractivity contribution in [2.75, 3.05) is 19.5 Å². The van der Waals surface area contributed by atoms with Gasteiger partial charge in [-0.05, 0) is 12.1 Å². The van der Waals surface area contributed by atoms with Crippen LogP contribution in [0, 0.1) is 15.5 Å². The Balaban J connectivity index is 2.85. The van der Waals surface area contributed by atoms with Crippen LogP contribution in [0.25, 0.3) is 0 Å². The molecule has 118 valence electrons. The molecule has 0 spiro atoms. The Morgan fingerprint density at radius 1 is 1.38 bits per heavy atom. The van der Waals surface area contributed by atoms with Crippen molar-refractivity contribution >= 4 is 25.4 Å². The lowest BCUT2D eigenvalue weighted by Crippen LogP contribution is -2.28. The number of hydrogen-bond acceptors (Lipinski definition) is 6. The summed E-state index contributed by atoms with van der Waals surface area (Å²) < 4.78 is 32.5. The van der Waals surface area contributed by atoms with Crippen LogP contribution in [-0.4, -0.2) is 32.8 Å². The summed E-state index contributed by atoms with van der Waals surface area (Å²) in [6.07, 6.45) is 0. The van der Waals surface area contributed by atoms with Crippen molar-refractivity contribution < 1.29 is 22.8 Å². The Bertz CT molecular complexity index is 629. The summed E-state index contributed by atoms with van der Waals surface area (Å²) in [7, 11) is 2.89. The van der Waals surface area contributed by atoms with Gasteiger partial charge in [-0.3, -0.25) is 10.1 Å². The van der Waals surface area contributed by atoms with Crippen LogP contribution >= 0.6 is 10.7 Å². The smallest absolute Gasteiger partial charge is 0.314 e. The number of ether oxygens (including phenoxy) is 2. The van der Waals surface area contributed by atoms with Gasteiger partial charge in [-0.15, -0.1) is 0 Å². The molecule has 0 aliphatic heterocycles. The fraction of sp³-hybridized carbons (Fsp3) is 0.500. The van der Waals surface area contributed by atoms with E-state index in [4.69, 9.17) is 20.2 Å². The van der Waals surface area contributed by atoms with Gasteiger partial charge in [0.05, 0.1) is 30.5 Å². The van der Waals surface area contributed by atoms with Crippen LogP contribution in [0.15, 0.2) is 18.2 Å². The Hall–Kier alpha value is -1.54. The predicted molar refractivity (Wildman–Crippen MR) is 78.6 cm³/mol. The fourth-order valence-electron chi connectivity index (χ4n) is 1.69. The molecule has 0 unspecified atom stereocenters. The van der Waals surface area contributed by atoms with Crippen LogP contribution in [0.3, 0.4) is 0 Å². The predicted octanol–water partition coefficient (Wildman–Crippen LogP) is 2.58. The highest BCUT2D eigenvalue weighted by molar-refractivity contribution is 8.13. The van der Waals surface area contributed by atoms with E-state index in [1.165, 1.54) is 25.3 Å². The molecular weight excluding hydrogens is 322 g/mol. The number of benzene rings is 1. The molecule has 7 nitrogen and oxygen atoms in total. The molecule has 0 atom stereocenters. The van der Waals surface area contributed by atoms with Crippen LogP contribution in [-0.2, 0) is 9.05 Å². The van der Waals surface area contributed by atoms with Gasteiger partial charge in [0.2, 0.25) is 9.05 Å². The normalized spacial score (nSPS) is 12.0. The molecule has 0 N–H and O–H groups in total. The van der Waals surface area contributed by atoms with Crippen LogP contribution in [0.5, 0.6) is 11.5 Å². The molecule has 0 saturated heterocycles. The first-order chi connectivity index (χ1) is 9.54. The summed E-state index contributed by atoms with van der Waals surface area (Å²) in [4.78, 5) is 10.3. The van der Waals surface area contributed by atoms with Crippen LogP contribution in [0.1, 0.15) is 13.8 Å². The molecular formula is C12H16ClNO6S. The molecule has 9 heteroatoms. The topological polar surface area (TPSA) is 95.7 Å². The van der Waals surface area contributed by atoms with E-state index in [1.807, 2.05) is 0 Å². The molecule has 1 aromatic carbocycles. The van der Waals surface area contributed by atoms with E-state index in [0.29, 0.717) is 0 Å². The fourth-order valence-corrected chi connectivity index (χ4v) is 3.59. The number of nitro benzene ring substituents is 1. The lowest BCUT2D eigenvalue weighted by Gasteiger charge is -2.22. The highest BCUT2D eigenvalue weighted by Crippen LogP contribution is 2.31. The quantitative estimate of drug-likeness (QED) is 0.431. The first-order valence-electron chi connectivity index (χ1n) is 5.92.